The minimum Gasteiger partial charge on any atom is -0.340 e. The molecule has 2 saturated heterocycles. The Morgan fingerprint density at radius 2 is 1.95 bits per heavy atom. The van der Waals surface area contributed by atoms with Gasteiger partial charge >= 0.3 is 0 Å². The van der Waals surface area contributed by atoms with E-state index in [4.69, 9.17) is 0 Å². The van der Waals surface area contributed by atoms with Crippen molar-refractivity contribution >= 4 is 17.3 Å². The van der Waals surface area contributed by atoms with E-state index in [0.29, 0.717) is 5.41 Å². The van der Waals surface area contributed by atoms with E-state index >= 15 is 0 Å². The van der Waals surface area contributed by atoms with Crippen LogP contribution in [-0.2, 0) is 6.54 Å². The van der Waals surface area contributed by atoms with E-state index in [0.717, 1.165) is 25.6 Å². The van der Waals surface area contributed by atoms with Crippen LogP contribution in [0.4, 0.5) is 5.95 Å². The van der Waals surface area contributed by atoms with Crippen LogP contribution in [0.25, 0.3) is 0 Å². The Labute approximate surface area is 135 Å². The van der Waals surface area contributed by atoms with Gasteiger partial charge in [0.1, 0.15) is 5.01 Å². The van der Waals surface area contributed by atoms with Crippen LogP contribution in [0.15, 0.2) is 30.0 Å². The fraction of sp³-hybridized carbons (Fsp3) is 0.562. The summed E-state index contributed by atoms with van der Waals surface area (Å²) < 4.78 is 0. The van der Waals surface area contributed by atoms with E-state index in [1.165, 1.54) is 37.4 Å². The monoisotopic (exact) mass is 315 g/mol. The highest BCUT2D eigenvalue weighted by molar-refractivity contribution is 7.09. The summed E-state index contributed by atoms with van der Waals surface area (Å²) in [6.45, 7) is 5.54. The first-order valence-electron chi connectivity index (χ1n) is 7.96. The first kappa shape index (κ1) is 14.1. The Bertz CT molecular complexity index is 602. The number of rotatable bonds is 3. The molecule has 1 atom stereocenters. The summed E-state index contributed by atoms with van der Waals surface area (Å²) in [5.74, 6) is 0.886. The average Bonchev–Trinajstić information content (AvgIpc) is 3.19. The zero-order valence-electron chi connectivity index (χ0n) is 12.7. The van der Waals surface area contributed by atoms with Crippen LogP contribution in [0.1, 0.15) is 24.3 Å². The van der Waals surface area contributed by atoms with E-state index in [2.05, 4.69) is 30.1 Å². The molecule has 4 heterocycles. The highest BCUT2D eigenvalue weighted by Gasteiger charge is 2.42. The van der Waals surface area contributed by atoms with Crippen LogP contribution in [0.2, 0.25) is 0 Å². The van der Waals surface area contributed by atoms with Crippen molar-refractivity contribution in [1.82, 2.24) is 19.9 Å². The summed E-state index contributed by atoms with van der Waals surface area (Å²) in [4.78, 5) is 18.2. The molecule has 2 aromatic rings. The average molecular weight is 315 g/mol. The largest absolute Gasteiger partial charge is 0.340 e. The summed E-state index contributed by atoms with van der Waals surface area (Å²) in [5, 5.41) is 3.30. The van der Waals surface area contributed by atoms with Crippen LogP contribution in [0.5, 0.6) is 0 Å². The molecule has 0 saturated carbocycles. The molecule has 0 radical (unpaired) electrons. The topological polar surface area (TPSA) is 45.2 Å². The van der Waals surface area contributed by atoms with Gasteiger partial charge in [-0.2, -0.15) is 0 Å². The molecule has 0 aliphatic carbocycles. The van der Waals surface area contributed by atoms with Crippen molar-refractivity contribution in [3.8, 4) is 0 Å². The number of nitrogens with zero attached hydrogens (tertiary/aromatic N) is 5. The molecule has 5 nitrogen and oxygen atoms in total. The van der Waals surface area contributed by atoms with Crippen molar-refractivity contribution in [2.75, 3.05) is 31.1 Å². The zero-order valence-corrected chi connectivity index (χ0v) is 13.5. The number of aromatic nitrogens is 3. The molecule has 0 amide bonds. The Kier molecular flexibility index (Phi) is 3.80. The number of hydrogen-bond donors (Lipinski definition) is 0. The van der Waals surface area contributed by atoms with Crippen LogP contribution in [0, 0.1) is 5.41 Å². The molecule has 116 valence electrons. The quantitative estimate of drug-likeness (QED) is 0.870. The molecule has 4 rings (SSSR count). The van der Waals surface area contributed by atoms with Crippen molar-refractivity contribution in [2.45, 2.75) is 25.8 Å². The van der Waals surface area contributed by atoms with E-state index in [-0.39, 0.29) is 0 Å². The summed E-state index contributed by atoms with van der Waals surface area (Å²) in [6, 6.07) is 1.88. The van der Waals surface area contributed by atoms with Gasteiger partial charge in [0.25, 0.3) is 0 Å². The molecule has 22 heavy (non-hydrogen) atoms. The van der Waals surface area contributed by atoms with Gasteiger partial charge in [-0.25, -0.2) is 15.0 Å². The molecule has 0 bridgehead atoms. The summed E-state index contributed by atoms with van der Waals surface area (Å²) >= 11 is 1.76. The van der Waals surface area contributed by atoms with Crippen LogP contribution in [0.3, 0.4) is 0 Å². The summed E-state index contributed by atoms with van der Waals surface area (Å²) in [7, 11) is 0. The minimum atomic E-state index is 0.411. The van der Waals surface area contributed by atoms with Gasteiger partial charge in [0.2, 0.25) is 5.95 Å². The van der Waals surface area contributed by atoms with Crippen LogP contribution < -0.4 is 4.90 Å². The lowest BCUT2D eigenvalue weighted by atomic mass is 9.79. The van der Waals surface area contributed by atoms with Gasteiger partial charge in [-0.1, -0.05) is 0 Å². The smallest absolute Gasteiger partial charge is 0.225 e. The third-order valence-corrected chi connectivity index (χ3v) is 5.62. The van der Waals surface area contributed by atoms with Gasteiger partial charge in [-0.05, 0) is 31.9 Å². The first-order chi connectivity index (χ1) is 10.8. The second-order valence-electron chi connectivity index (χ2n) is 6.46. The number of anilines is 1. The number of hydrogen-bond acceptors (Lipinski definition) is 6. The van der Waals surface area contributed by atoms with Crippen molar-refractivity contribution < 1.29 is 0 Å². The lowest BCUT2D eigenvalue weighted by Gasteiger charge is -2.40. The molecule has 2 aliphatic heterocycles. The zero-order chi connectivity index (χ0) is 14.8. The van der Waals surface area contributed by atoms with Gasteiger partial charge in [-0.15, -0.1) is 11.3 Å². The minimum absolute atomic E-state index is 0.411. The van der Waals surface area contributed by atoms with Gasteiger partial charge < -0.3 is 4.90 Å². The maximum absolute atomic E-state index is 4.43. The number of piperidine rings is 1. The van der Waals surface area contributed by atoms with E-state index < -0.39 is 0 Å². The third-order valence-electron chi connectivity index (χ3n) is 4.86. The first-order valence-corrected chi connectivity index (χ1v) is 8.84. The molecule has 1 spiro atoms. The molecule has 6 heteroatoms. The van der Waals surface area contributed by atoms with Crippen molar-refractivity contribution in [1.29, 1.82) is 0 Å². The van der Waals surface area contributed by atoms with Gasteiger partial charge in [0.05, 0.1) is 6.54 Å². The standard InChI is InChI=1S/C16H21N5S/c1-3-16(12-20(8-1)11-14-17-7-10-22-14)4-9-21(13-16)15-18-5-2-6-19-15/h2,5-7,10H,1,3-4,8-9,11-13H2. The van der Waals surface area contributed by atoms with E-state index in [9.17, 15) is 0 Å². The number of thiazole rings is 1. The maximum atomic E-state index is 4.43. The predicted octanol–water partition coefficient (Wildman–Crippen LogP) is 2.43. The molecular weight excluding hydrogens is 294 g/mol. The van der Waals surface area contributed by atoms with Crippen molar-refractivity contribution in [3.63, 3.8) is 0 Å². The summed E-state index contributed by atoms with van der Waals surface area (Å²) in [6.07, 6.45) is 9.44. The van der Waals surface area contributed by atoms with Crippen LogP contribution >= 0.6 is 11.3 Å². The molecule has 0 aromatic carbocycles. The van der Waals surface area contributed by atoms with Gasteiger partial charge in [0.15, 0.2) is 0 Å². The molecule has 1 unspecified atom stereocenters. The molecule has 0 N–H and O–H groups in total. The maximum Gasteiger partial charge on any atom is 0.225 e. The van der Waals surface area contributed by atoms with Crippen LogP contribution in [-0.4, -0.2) is 46.0 Å². The van der Waals surface area contributed by atoms with Crippen molar-refractivity contribution in [3.05, 3.63) is 35.0 Å². The Balaban J connectivity index is 1.43. The Morgan fingerprint density at radius 3 is 2.77 bits per heavy atom. The third kappa shape index (κ3) is 2.85. The SMILES string of the molecule is c1cnc(N2CCC3(CCCN(Cc4nccs4)C3)C2)nc1. The van der Waals surface area contributed by atoms with Gasteiger partial charge in [0, 0.05) is 49.0 Å². The Morgan fingerprint density at radius 1 is 1.05 bits per heavy atom. The van der Waals surface area contributed by atoms with E-state index in [1.807, 2.05) is 24.7 Å². The number of likely N-dealkylation sites (tertiary alicyclic amines) is 1. The predicted molar refractivity (Wildman–Crippen MR) is 87.9 cm³/mol. The highest BCUT2D eigenvalue weighted by atomic mass is 32.1. The fourth-order valence-electron chi connectivity index (χ4n) is 3.86. The molecule has 2 aliphatic rings. The molecule has 2 fully saturated rings. The lowest BCUT2D eigenvalue weighted by Crippen LogP contribution is -2.44. The summed E-state index contributed by atoms with van der Waals surface area (Å²) in [5.41, 5.74) is 0.411. The van der Waals surface area contributed by atoms with Crippen molar-refractivity contribution in [2.24, 2.45) is 5.41 Å². The van der Waals surface area contributed by atoms with Gasteiger partial charge in [-0.3, -0.25) is 4.90 Å². The molecular formula is C16H21N5S. The lowest BCUT2D eigenvalue weighted by molar-refractivity contribution is 0.0990. The molecule has 2 aromatic heterocycles. The second kappa shape index (κ2) is 5.93. The Hall–Kier alpha value is -1.53. The fourth-order valence-corrected chi connectivity index (χ4v) is 4.52. The van der Waals surface area contributed by atoms with E-state index in [1.54, 1.807) is 11.3 Å². The normalized spacial score (nSPS) is 25.9. The second-order valence-corrected chi connectivity index (χ2v) is 7.44. The highest BCUT2D eigenvalue weighted by Crippen LogP contribution is 2.40.